The molecule has 0 aliphatic rings. The molecule has 0 aliphatic heterocycles. The summed E-state index contributed by atoms with van der Waals surface area (Å²) in [5.41, 5.74) is 6.09. The van der Waals surface area contributed by atoms with Gasteiger partial charge in [-0.3, -0.25) is 0 Å². The number of anilines is 1. The van der Waals surface area contributed by atoms with Crippen LogP contribution >= 0.6 is 12.2 Å². The first-order chi connectivity index (χ1) is 8.04. The van der Waals surface area contributed by atoms with Crippen LogP contribution in [0.2, 0.25) is 0 Å². The number of hydrogen-bond donors (Lipinski definition) is 2. The monoisotopic (exact) mass is 254 g/mol. The van der Waals surface area contributed by atoms with Crippen LogP contribution in [0.5, 0.6) is 0 Å². The zero-order chi connectivity index (χ0) is 12.8. The molecular weight excluding hydrogens is 236 g/mol. The Balaban J connectivity index is 2.78. The third kappa shape index (κ3) is 4.24. The summed E-state index contributed by atoms with van der Waals surface area (Å²) in [6.07, 6.45) is 1.63. The highest BCUT2D eigenvalue weighted by Crippen LogP contribution is 2.09. The van der Waals surface area contributed by atoms with Gasteiger partial charge >= 0.3 is 0 Å². The fourth-order valence-electron chi connectivity index (χ4n) is 1.31. The second-order valence-corrected chi connectivity index (χ2v) is 4.52. The fourth-order valence-corrected chi connectivity index (χ4v) is 1.43. The molecule has 0 spiro atoms. The summed E-state index contributed by atoms with van der Waals surface area (Å²) >= 11 is 4.87. The fraction of sp³-hybridized carbons (Fsp3) is 0.545. The van der Waals surface area contributed by atoms with Crippen LogP contribution in [0.1, 0.15) is 19.5 Å². The topological polar surface area (TPSA) is 73.1 Å². The molecule has 1 heterocycles. The van der Waals surface area contributed by atoms with E-state index in [0.29, 0.717) is 24.2 Å². The van der Waals surface area contributed by atoms with Gasteiger partial charge in [-0.25, -0.2) is 9.97 Å². The minimum Gasteiger partial charge on any atom is -0.388 e. The maximum absolute atomic E-state index is 5.52. The van der Waals surface area contributed by atoms with Crippen molar-refractivity contribution in [3.63, 3.8) is 0 Å². The predicted molar refractivity (Wildman–Crippen MR) is 72.0 cm³/mol. The van der Waals surface area contributed by atoms with Gasteiger partial charge in [0.25, 0.3) is 0 Å². The highest BCUT2D eigenvalue weighted by Gasteiger charge is 2.14. The van der Waals surface area contributed by atoms with Gasteiger partial charge in [-0.15, -0.1) is 0 Å². The summed E-state index contributed by atoms with van der Waals surface area (Å²) in [6, 6.07) is 1.84. The predicted octanol–water partition coefficient (Wildman–Crippen LogP) is 1.19. The first-order valence-corrected chi connectivity index (χ1v) is 5.83. The number of nitrogens with zero attached hydrogens (tertiary/aromatic N) is 2. The molecule has 0 aliphatic carbocycles. The van der Waals surface area contributed by atoms with Gasteiger partial charge in [0, 0.05) is 13.3 Å². The van der Waals surface area contributed by atoms with E-state index in [2.05, 4.69) is 29.1 Å². The zero-order valence-corrected chi connectivity index (χ0v) is 11.1. The lowest BCUT2D eigenvalue weighted by Crippen LogP contribution is -2.31. The smallest absolute Gasteiger partial charge is 0.223 e. The number of ether oxygens (including phenoxy) is 1. The van der Waals surface area contributed by atoms with Crippen LogP contribution in [-0.4, -0.2) is 34.7 Å². The Kier molecular flexibility index (Phi) is 5.24. The van der Waals surface area contributed by atoms with E-state index in [0.717, 1.165) is 0 Å². The van der Waals surface area contributed by atoms with E-state index >= 15 is 0 Å². The summed E-state index contributed by atoms with van der Waals surface area (Å²) in [4.78, 5) is 8.63. The van der Waals surface area contributed by atoms with E-state index in [1.54, 1.807) is 19.4 Å². The van der Waals surface area contributed by atoms with Crippen LogP contribution in [0.15, 0.2) is 12.3 Å². The van der Waals surface area contributed by atoms with Gasteiger partial charge in [-0.1, -0.05) is 26.1 Å². The van der Waals surface area contributed by atoms with Gasteiger partial charge in [0.1, 0.15) is 10.7 Å². The number of rotatable bonds is 6. The molecule has 1 atom stereocenters. The molecule has 0 amide bonds. The van der Waals surface area contributed by atoms with Crippen molar-refractivity contribution in [1.29, 1.82) is 0 Å². The minimum atomic E-state index is 0.154. The minimum absolute atomic E-state index is 0.154. The third-order valence-electron chi connectivity index (χ3n) is 2.37. The van der Waals surface area contributed by atoms with Gasteiger partial charge in [-0.2, -0.15) is 0 Å². The first kappa shape index (κ1) is 13.8. The van der Waals surface area contributed by atoms with Crippen molar-refractivity contribution < 1.29 is 4.74 Å². The molecule has 0 saturated heterocycles. The van der Waals surface area contributed by atoms with Crippen LogP contribution in [0.25, 0.3) is 0 Å². The summed E-state index contributed by atoms with van der Waals surface area (Å²) in [6.45, 7) is 4.81. The zero-order valence-electron chi connectivity index (χ0n) is 10.3. The van der Waals surface area contributed by atoms with Gasteiger partial charge < -0.3 is 15.8 Å². The number of methoxy groups -OCH3 is 1. The molecule has 0 saturated carbocycles. The highest BCUT2D eigenvalue weighted by atomic mass is 32.1. The molecule has 1 rings (SSSR count). The van der Waals surface area contributed by atoms with Crippen molar-refractivity contribution in [2.24, 2.45) is 11.7 Å². The lowest BCUT2D eigenvalue weighted by Gasteiger charge is -2.21. The normalized spacial score (nSPS) is 12.5. The van der Waals surface area contributed by atoms with E-state index in [1.165, 1.54) is 0 Å². The molecule has 0 radical (unpaired) electrons. The molecule has 1 aromatic rings. The van der Waals surface area contributed by atoms with Crippen LogP contribution < -0.4 is 11.1 Å². The molecule has 17 heavy (non-hydrogen) atoms. The van der Waals surface area contributed by atoms with Crippen LogP contribution in [-0.2, 0) is 4.74 Å². The number of nitrogens with one attached hydrogen (secondary N) is 1. The molecule has 6 heteroatoms. The molecular formula is C11H18N4OS. The molecule has 0 aromatic carbocycles. The Bertz CT molecular complexity index is 383. The standard InChI is InChI=1S/C11H18N4OS/c1-7(2)9(6-16-3)15-11-13-5-4-8(14-11)10(12)17/h4-5,7,9H,6H2,1-3H3,(H2,12,17)(H,13,14,15). The Labute approximate surface area is 107 Å². The first-order valence-electron chi connectivity index (χ1n) is 5.43. The van der Waals surface area contributed by atoms with Gasteiger partial charge in [0.15, 0.2) is 0 Å². The van der Waals surface area contributed by atoms with Crippen molar-refractivity contribution in [3.8, 4) is 0 Å². The third-order valence-corrected chi connectivity index (χ3v) is 2.58. The van der Waals surface area contributed by atoms with E-state index < -0.39 is 0 Å². The highest BCUT2D eigenvalue weighted by molar-refractivity contribution is 7.80. The Morgan fingerprint density at radius 2 is 2.29 bits per heavy atom. The summed E-state index contributed by atoms with van der Waals surface area (Å²) in [5.74, 6) is 0.929. The van der Waals surface area contributed by atoms with Gasteiger partial charge in [0.2, 0.25) is 5.95 Å². The number of nitrogens with two attached hydrogens (primary N) is 1. The van der Waals surface area contributed by atoms with E-state index in [4.69, 9.17) is 22.7 Å². The largest absolute Gasteiger partial charge is 0.388 e. The average Bonchev–Trinajstić information content (AvgIpc) is 2.28. The molecule has 3 N–H and O–H groups in total. The number of aromatic nitrogens is 2. The quantitative estimate of drug-likeness (QED) is 0.743. The average molecular weight is 254 g/mol. The van der Waals surface area contributed by atoms with Crippen LogP contribution in [0, 0.1) is 5.92 Å². The maximum atomic E-state index is 5.52. The van der Waals surface area contributed by atoms with E-state index in [1.807, 2.05) is 0 Å². The van der Waals surface area contributed by atoms with Crippen molar-refractivity contribution in [3.05, 3.63) is 18.0 Å². The Hall–Kier alpha value is -1.27. The van der Waals surface area contributed by atoms with Gasteiger partial charge in [0.05, 0.1) is 12.6 Å². The number of thiocarbonyl (C=S) groups is 1. The second-order valence-electron chi connectivity index (χ2n) is 4.08. The van der Waals surface area contributed by atoms with Gasteiger partial charge in [-0.05, 0) is 12.0 Å². The summed E-state index contributed by atoms with van der Waals surface area (Å²) in [5, 5.41) is 3.21. The van der Waals surface area contributed by atoms with Crippen molar-refractivity contribution in [2.75, 3.05) is 19.0 Å². The van der Waals surface area contributed by atoms with Crippen molar-refractivity contribution in [1.82, 2.24) is 9.97 Å². The molecule has 1 aromatic heterocycles. The summed E-state index contributed by atoms with van der Waals surface area (Å²) in [7, 11) is 1.67. The van der Waals surface area contributed by atoms with E-state index in [-0.39, 0.29) is 11.0 Å². The molecule has 5 nitrogen and oxygen atoms in total. The number of hydrogen-bond acceptors (Lipinski definition) is 5. The second kappa shape index (κ2) is 6.46. The van der Waals surface area contributed by atoms with Crippen molar-refractivity contribution in [2.45, 2.75) is 19.9 Å². The lowest BCUT2D eigenvalue weighted by atomic mass is 10.1. The SMILES string of the molecule is COCC(Nc1nccc(C(N)=S)n1)C(C)C. The molecule has 94 valence electrons. The Morgan fingerprint density at radius 3 is 2.82 bits per heavy atom. The molecule has 0 bridgehead atoms. The van der Waals surface area contributed by atoms with E-state index in [9.17, 15) is 0 Å². The van der Waals surface area contributed by atoms with Crippen LogP contribution in [0.4, 0.5) is 5.95 Å². The summed E-state index contributed by atoms with van der Waals surface area (Å²) < 4.78 is 5.15. The molecule has 1 unspecified atom stereocenters. The van der Waals surface area contributed by atoms with Crippen LogP contribution in [0.3, 0.4) is 0 Å². The molecule has 0 fully saturated rings. The maximum Gasteiger partial charge on any atom is 0.223 e. The lowest BCUT2D eigenvalue weighted by molar-refractivity contribution is 0.171. The Morgan fingerprint density at radius 1 is 1.59 bits per heavy atom. The van der Waals surface area contributed by atoms with Crippen molar-refractivity contribution >= 4 is 23.2 Å².